The maximum absolute atomic E-state index is 11.7. The fourth-order valence-electron chi connectivity index (χ4n) is 2.38. The molecule has 1 fully saturated rings. The number of rotatable bonds is 8. The molecule has 5 nitrogen and oxygen atoms in total. The van der Waals surface area contributed by atoms with Crippen LogP contribution in [0.15, 0.2) is 18.2 Å². The number of likely N-dealkylation sites (tertiary alicyclic amines) is 1. The zero-order chi connectivity index (χ0) is 16.7. The molecule has 2 amide bonds. The van der Waals surface area contributed by atoms with Crippen molar-refractivity contribution in [2.45, 2.75) is 25.7 Å². The van der Waals surface area contributed by atoms with E-state index in [0.29, 0.717) is 35.3 Å². The highest BCUT2D eigenvalue weighted by Crippen LogP contribution is 2.31. The third kappa shape index (κ3) is 5.59. The molecular weight excluding hydrogens is 339 g/mol. The van der Waals surface area contributed by atoms with E-state index in [1.165, 1.54) is 0 Å². The Kier molecular flexibility index (Phi) is 6.99. The van der Waals surface area contributed by atoms with Crippen LogP contribution < -0.4 is 10.1 Å². The second-order valence-electron chi connectivity index (χ2n) is 5.34. The van der Waals surface area contributed by atoms with Gasteiger partial charge in [-0.05, 0) is 25.0 Å². The van der Waals surface area contributed by atoms with Crippen LogP contribution in [0.25, 0.3) is 0 Å². The lowest BCUT2D eigenvalue weighted by Gasteiger charge is -2.15. The van der Waals surface area contributed by atoms with Crippen molar-refractivity contribution in [2.24, 2.45) is 0 Å². The van der Waals surface area contributed by atoms with E-state index >= 15 is 0 Å². The Morgan fingerprint density at radius 1 is 1.35 bits per heavy atom. The molecule has 1 aromatic rings. The summed E-state index contributed by atoms with van der Waals surface area (Å²) in [6.45, 7) is 2.33. The van der Waals surface area contributed by atoms with E-state index in [-0.39, 0.29) is 24.8 Å². The summed E-state index contributed by atoms with van der Waals surface area (Å²) in [5.41, 5.74) is 0. The average Bonchev–Trinajstić information content (AvgIpc) is 2.93. The Morgan fingerprint density at radius 2 is 2.17 bits per heavy atom. The summed E-state index contributed by atoms with van der Waals surface area (Å²) in [4.78, 5) is 25.0. The molecule has 1 aliphatic heterocycles. The van der Waals surface area contributed by atoms with Crippen LogP contribution in [0.3, 0.4) is 0 Å². The molecule has 23 heavy (non-hydrogen) atoms. The van der Waals surface area contributed by atoms with Crippen molar-refractivity contribution in [1.82, 2.24) is 10.2 Å². The zero-order valence-electron chi connectivity index (χ0n) is 12.8. The summed E-state index contributed by atoms with van der Waals surface area (Å²) in [5.74, 6) is 0.596. The van der Waals surface area contributed by atoms with Gasteiger partial charge in [0.1, 0.15) is 10.8 Å². The molecule has 1 heterocycles. The number of amides is 2. The minimum absolute atomic E-state index is 0.0871. The minimum Gasteiger partial charge on any atom is -0.491 e. The van der Waals surface area contributed by atoms with Gasteiger partial charge in [0.2, 0.25) is 11.8 Å². The molecule has 2 rings (SSSR count). The summed E-state index contributed by atoms with van der Waals surface area (Å²) in [6.07, 6.45) is 2.59. The van der Waals surface area contributed by atoms with Gasteiger partial charge in [-0.1, -0.05) is 29.3 Å². The first-order chi connectivity index (χ1) is 11.1. The SMILES string of the molecule is O=C(CCOc1cccc(Cl)c1Cl)NCCCN1CCCC1=O. The lowest BCUT2D eigenvalue weighted by atomic mass is 10.3. The van der Waals surface area contributed by atoms with E-state index in [1.807, 2.05) is 4.90 Å². The number of carbonyl (C=O) groups excluding carboxylic acids is 2. The molecule has 0 bridgehead atoms. The van der Waals surface area contributed by atoms with Gasteiger partial charge in [-0.25, -0.2) is 0 Å². The van der Waals surface area contributed by atoms with Crippen molar-refractivity contribution < 1.29 is 14.3 Å². The van der Waals surface area contributed by atoms with Gasteiger partial charge in [0, 0.05) is 26.1 Å². The predicted molar refractivity (Wildman–Crippen MR) is 90.0 cm³/mol. The van der Waals surface area contributed by atoms with Crippen molar-refractivity contribution in [1.29, 1.82) is 0 Å². The van der Waals surface area contributed by atoms with E-state index < -0.39 is 0 Å². The van der Waals surface area contributed by atoms with Crippen LogP contribution in [0, 0.1) is 0 Å². The van der Waals surface area contributed by atoms with Crippen LogP contribution in [0.4, 0.5) is 0 Å². The van der Waals surface area contributed by atoms with Gasteiger partial charge in [0.05, 0.1) is 18.1 Å². The zero-order valence-corrected chi connectivity index (χ0v) is 14.3. The molecule has 1 aromatic carbocycles. The number of carbonyl (C=O) groups is 2. The number of hydrogen-bond acceptors (Lipinski definition) is 3. The Labute approximate surface area is 145 Å². The van der Waals surface area contributed by atoms with E-state index in [2.05, 4.69) is 5.32 Å². The number of hydrogen-bond donors (Lipinski definition) is 1. The Hall–Kier alpha value is -1.46. The van der Waals surface area contributed by atoms with Gasteiger partial charge in [0.15, 0.2) is 0 Å². The van der Waals surface area contributed by atoms with Crippen LogP contribution >= 0.6 is 23.2 Å². The van der Waals surface area contributed by atoms with E-state index in [9.17, 15) is 9.59 Å². The number of benzene rings is 1. The van der Waals surface area contributed by atoms with Crippen LogP contribution in [0.5, 0.6) is 5.75 Å². The van der Waals surface area contributed by atoms with Crippen molar-refractivity contribution in [3.05, 3.63) is 28.2 Å². The van der Waals surface area contributed by atoms with E-state index in [4.69, 9.17) is 27.9 Å². The quantitative estimate of drug-likeness (QED) is 0.726. The molecule has 0 spiro atoms. The van der Waals surface area contributed by atoms with Gasteiger partial charge in [-0.3, -0.25) is 9.59 Å². The number of nitrogens with one attached hydrogen (secondary N) is 1. The molecular formula is C16H20Cl2N2O3. The topological polar surface area (TPSA) is 58.6 Å². The van der Waals surface area contributed by atoms with Gasteiger partial charge in [-0.2, -0.15) is 0 Å². The molecule has 7 heteroatoms. The third-order valence-electron chi connectivity index (χ3n) is 3.60. The second-order valence-corrected chi connectivity index (χ2v) is 6.12. The monoisotopic (exact) mass is 358 g/mol. The van der Waals surface area contributed by atoms with Gasteiger partial charge < -0.3 is 15.0 Å². The van der Waals surface area contributed by atoms with Crippen LogP contribution in [0.1, 0.15) is 25.7 Å². The summed E-state index contributed by atoms with van der Waals surface area (Å²) < 4.78 is 5.46. The summed E-state index contributed by atoms with van der Waals surface area (Å²) in [7, 11) is 0. The molecule has 0 aromatic heterocycles. The molecule has 0 aliphatic carbocycles. The summed E-state index contributed by atoms with van der Waals surface area (Å²) in [5, 5.41) is 3.59. The highest BCUT2D eigenvalue weighted by atomic mass is 35.5. The highest BCUT2D eigenvalue weighted by Gasteiger charge is 2.18. The first-order valence-corrected chi connectivity index (χ1v) is 8.45. The van der Waals surface area contributed by atoms with Crippen LogP contribution in [-0.2, 0) is 9.59 Å². The van der Waals surface area contributed by atoms with Gasteiger partial charge >= 0.3 is 0 Å². The molecule has 0 saturated carbocycles. The molecule has 0 unspecified atom stereocenters. The second kappa shape index (κ2) is 8.99. The number of ether oxygens (including phenoxy) is 1. The van der Waals surface area contributed by atoms with E-state index in [1.54, 1.807) is 18.2 Å². The van der Waals surface area contributed by atoms with E-state index in [0.717, 1.165) is 19.4 Å². The van der Waals surface area contributed by atoms with Crippen molar-refractivity contribution >= 4 is 35.0 Å². The smallest absolute Gasteiger partial charge is 0.223 e. The fourth-order valence-corrected chi connectivity index (χ4v) is 2.72. The Bertz CT molecular complexity index is 566. The average molecular weight is 359 g/mol. The van der Waals surface area contributed by atoms with Crippen molar-refractivity contribution in [3.63, 3.8) is 0 Å². The summed E-state index contributed by atoms with van der Waals surface area (Å²) >= 11 is 11.9. The number of nitrogens with zero attached hydrogens (tertiary/aromatic N) is 1. The lowest BCUT2D eigenvalue weighted by molar-refractivity contribution is -0.127. The molecule has 0 radical (unpaired) electrons. The van der Waals surface area contributed by atoms with Crippen LogP contribution in [-0.4, -0.2) is 43.0 Å². The molecule has 1 aliphatic rings. The predicted octanol–water partition coefficient (Wildman–Crippen LogP) is 2.89. The molecule has 126 valence electrons. The Morgan fingerprint density at radius 3 is 2.91 bits per heavy atom. The first-order valence-electron chi connectivity index (χ1n) is 7.69. The molecule has 1 saturated heterocycles. The minimum atomic E-state index is -0.0871. The standard InChI is InChI=1S/C16H20Cl2N2O3/c17-12-4-1-5-13(16(12)18)23-11-7-14(21)19-8-3-10-20-9-2-6-15(20)22/h1,4-5H,2-3,6-11H2,(H,19,21). The van der Waals surface area contributed by atoms with Crippen LogP contribution in [0.2, 0.25) is 10.0 Å². The van der Waals surface area contributed by atoms with Gasteiger partial charge in [-0.15, -0.1) is 0 Å². The summed E-state index contributed by atoms with van der Waals surface area (Å²) in [6, 6.07) is 5.12. The number of halogens is 2. The molecule has 0 atom stereocenters. The highest BCUT2D eigenvalue weighted by molar-refractivity contribution is 6.42. The third-order valence-corrected chi connectivity index (χ3v) is 4.40. The fraction of sp³-hybridized carbons (Fsp3) is 0.500. The normalized spacial score (nSPS) is 14.2. The first kappa shape index (κ1) is 17.9. The van der Waals surface area contributed by atoms with Gasteiger partial charge in [0.25, 0.3) is 0 Å². The maximum atomic E-state index is 11.7. The lowest BCUT2D eigenvalue weighted by Crippen LogP contribution is -2.31. The Balaban J connectivity index is 1.58. The van der Waals surface area contributed by atoms with Crippen molar-refractivity contribution in [2.75, 3.05) is 26.2 Å². The van der Waals surface area contributed by atoms with Crippen molar-refractivity contribution in [3.8, 4) is 5.75 Å². The maximum Gasteiger partial charge on any atom is 0.223 e. The largest absolute Gasteiger partial charge is 0.491 e. The molecule has 1 N–H and O–H groups in total.